The lowest BCUT2D eigenvalue weighted by Gasteiger charge is -2.28. The number of amides is 1. The summed E-state index contributed by atoms with van der Waals surface area (Å²) in [5, 5.41) is 17.3. The number of nitrogens with one attached hydrogen (secondary N) is 2. The third-order valence-electron chi connectivity index (χ3n) is 6.82. The molecule has 34 heavy (non-hydrogen) atoms. The highest BCUT2D eigenvalue weighted by Crippen LogP contribution is 2.38. The van der Waals surface area contributed by atoms with Crippen molar-refractivity contribution in [2.75, 3.05) is 11.9 Å². The van der Waals surface area contributed by atoms with Crippen LogP contribution in [-0.2, 0) is 24.6 Å². The van der Waals surface area contributed by atoms with Gasteiger partial charge in [0.15, 0.2) is 0 Å². The summed E-state index contributed by atoms with van der Waals surface area (Å²) in [6.07, 6.45) is 3.99. The van der Waals surface area contributed by atoms with Crippen molar-refractivity contribution in [2.45, 2.75) is 64.3 Å². The molecule has 0 bridgehead atoms. The van der Waals surface area contributed by atoms with E-state index in [0.29, 0.717) is 29.9 Å². The number of hydrogen-bond acceptors (Lipinski definition) is 7. The molecule has 1 aliphatic heterocycles. The molecule has 182 valence electrons. The van der Waals surface area contributed by atoms with E-state index in [1.165, 1.54) is 16.9 Å². The van der Waals surface area contributed by atoms with E-state index in [2.05, 4.69) is 39.4 Å². The molecule has 1 saturated heterocycles. The Hall–Kier alpha value is -2.63. The summed E-state index contributed by atoms with van der Waals surface area (Å²) in [6, 6.07) is -0.552. The highest BCUT2D eigenvalue weighted by molar-refractivity contribution is 7.13. The number of alkyl halides is 1. The lowest BCUT2D eigenvalue weighted by atomic mass is 9.76. The first-order chi connectivity index (χ1) is 16.2. The fraction of sp³-hybridized carbons (Fsp3) is 0.565. The van der Waals surface area contributed by atoms with Crippen molar-refractivity contribution in [1.29, 1.82) is 0 Å². The summed E-state index contributed by atoms with van der Waals surface area (Å²) in [6.45, 7) is 4.45. The number of anilines is 1. The molecule has 0 saturated carbocycles. The van der Waals surface area contributed by atoms with E-state index >= 15 is 0 Å². The molecule has 0 radical (unpaired) electrons. The largest absolute Gasteiger partial charge is 0.369 e. The second kappa shape index (κ2) is 8.86. The van der Waals surface area contributed by atoms with Crippen LogP contribution in [0.4, 0.5) is 10.1 Å². The minimum absolute atomic E-state index is 0.0784. The normalized spacial score (nSPS) is 24.4. The van der Waals surface area contributed by atoms with Crippen LogP contribution in [0.3, 0.4) is 0 Å². The second-order valence-electron chi connectivity index (χ2n) is 10.0. The Morgan fingerprint density at radius 2 is 2.24 bits per heavy atom. The fourth-order valence-electron chi connectivity index (χ4n) is 4.78. The molecule has 0 aromatic carbocycles. The van der Waals surface area contributed by atoms with Crippen LogP contribution in [0.2, 0.25) is 0 Å². The Labute approximate surface area is 201 Å². The number of carbonyl (C=O) groups excluding carboxylic acids is 1. The van der Waals surface area contributed by atoms with E-state index in [1.54, 1.807) is 23.3 Å². The summed E-state index contributed by atoms with van der Waals surface area (Å²) < 4.78 is 21.4. The topological polar surface area (TPSA) is 124 Å². The van der Waals surface area contributed by atoms with Crippen molar-refractivity contribution < 1.29 is 13.9 Å². The molecule has 4 N–H and O–H groups in total. The molecule has 5 rings (SSSR count). The maximum Gasteiger partial charge on any atom is 0.275 e. The molecule has 9 nitrogen and oxygen atoms in total. The number of ether oxygens (including phenoxy) is 1. The Bertz CT molecular complexity index is 1190. The van der Waals surface area contributed by atoms with E-state index in [4.69, 9.17) is 10.5 Å². The lowest BCUT2D eigenvalue weighted by molar-refractivity contribution is 0.0247. The van der Waals surface area contributed by atoms with Crippen LogP contribution in [0, 0.1) is 5.41 Å². The molecule has 0 spiro atoms. The summed E-state index contributed by atoms with van der Waals surface area (Å²) in [4.78, 5) is 17.6. The molecule has 4 heterocycles. The molecular weight excluding hydrogens is 457 g/mol. The zero-order chi connectivity index (χ0) is 24.0. The standard InChI is InChI=1S/C23H30FN7O2S/c1-23(2)7-6-12-15(8-23)29-30-19(12)22-28-17(11-34-22)21(32)27-16-9-26-31(3)20(16)18-5-4-14(25)13(24)10-33-18/h9,11,13-14,18H,4-8,10,25H2,1-3H3,(H,27,32)(H,29,30)/t13-,14-,18+/m1/s1. The number of hydrogen-bond donors (Lipinski definition) is 3. The first kappa shape index (κ1) is 23.1. The monoisotopic (exact) mass is 487 g/mol. The zero-order valence-electron chi connectivity index (χ0n) is 19.6. The minimum Gasteiger partial charge on any atom is -0.369 e. The van der Waals surface area contributed by atoms with Gasteiger partial charge in [-0.3, -0.25) is 14.6 Å². The molecule has 3 aromatic heterocycles. The summed E-state index contributed by atoms with van der Waals surface area (Å²) in [5.74, 6) is -0.337. The highest BCUT2D eigenvalue weighted by atomic mass is 32.1. The Morgan fingerprint density at radius 1 is 1.41 bits per heavy atom. The van der Waals surface area contributed by atoms with E-state index < -0.39 is 18.3 Å². The van der Waals surface area contributed by atoms with Gasteiger partial charge in [0.25, 0.3) is 5.91 Å². The summed E-state index contributed by atoms with van der Waals surface area (Å²) in [5.41, 5.74) is 10.8. The van der Waals surface area contributed by atoms with Crippen molar-refractivity contribution in [2.24, 2.45) is 18.2 Å². The van der Waals surface area contributed by atoms with E-state index in [1.807, 2.05) is 0 Å². The molecule has 1 fully saturated rings. The van der Waals surface area contributed by atoms with Crippen LogP contribution in [0.15, 0.2) is 11.6 Å². The van der Waals surface area contributed by atoms with Crippen molar-refractivity contribution in [3.05, 3.63) is 34.2 Å². The van der Waals surface area contributed by atoms with Crippen LogP contribution in [0.25, 0.3) is 10.7 Å². The smallest absolute Gasteiger partial charge is 0.275 e. The Kier molecular flexibility index (Phi) is 6.03. The van der Waals surface area contributed by atoms with Gasteiger partial charge in [-0.1, -0.05) is 13.8 Å². The zero-order valence-corrected chi connectivity index (χ0v) is 20.4. The number of carbonyl (C=O) groups is 1. The van der Waals surface area contributed by atoms with Gasteiger partial charge in [-0.05, 0) is 37.5 Å². The van der Waals surface area contributed by atoms with Gasteiger partial charge in [-0.15, -0.1) is 11.3 Å². The first-order valence-corrected chi connectivity index (χ1v) is 12.5. The van der Waals surface area contributed by atoms with Gasteiger partial charge in [0.05, 0.1) is 24.2 Å². The molecule has 1 aliphatic carbocycles. The number of aryl methyl sites for hydroxylation is 1. The molecular formula is C23H30FN7O2S. The van der Waals surface area contributed by atoms with Crippen LogP contribution in [0.1, 0.15) is 66.7 Å². The third kappa shape index (κ3) is 4.39. The van der Waals surface area contributed by atoms with Gasteiger partial charge in [-0.2, -0.15) is 10.2 Å². The number of thiazole rings is 1. The van der Waals surface area contributed by atoms with Crippen LogP contribution in [-0.4, -0.2) is 49.7 Å². The van der Waals surface area contributed by atoms with Gasteiger partial charge >= 0.3 is 0 Å². The molecule has 1 amide bonds. The maximum atomic E-state index is 14.0. The summed E-state index contributed by atoms with van der Waals surface area (Å²) >= 11 is 1.40. The number of rotatable bonds is 4. The minimum atomic E-state index is -1.21. The van der Waals surface area contributed by atoms with Crippen molar-refractivity contribution in [3.63, 3.8) is 0 Å². The molecule has 3 atom stereocenters. The molecule has 2 aliphatic rings. The van der Waals surface area contributed by atoms with E-state index in [0.717, 1.165) is 35.7 Å². The van der Waals surface area contributed by atoms with Crippen molar-refractivity contribution >= 4 is 22.9 Å². The highest BCUT2D eigenvalue weighted by Gasteiger charge is 2.31. The predicted molar refractivity (Wildman–Crippen MR) is 127 cm³/mol. The van der Waals surface area contributed by atoms with Gasteiger partial charge < -0.3 is 15.8 Å². The number of H-pyrrole nitrogens is 1. The molecule has 11 heteroatoms. The number of aromatic nitrogens is 5. The summed E-state index contributed by atoms with van der Waals surface area (Å²) in [7, 11) is 1.77. The molecule has 3 aromatic rings. The number of aromatic amines is 1. The Balaban J connectivity index is 1.33. The van der Waals surface area contributed by atoms with Crippen molar-refractivity contribution in [1.82, 2.24) is 25.0 Å². The average Bonchev–Trinajstić information content (AvgIpc) is 3.49. The Morgan fingerprint density at radius 3 is 3.06 bits per heavy atom. The lowest BCUT2D eigenvalue weighted by Crippen LogP contribution is -2.32. The molecule has 0 unspecified atom stereocenters. The van der Waals surface area contributed by atoms with Crippen LogP contribution >= 0.6 is 11.3 Å². The number of fused-ring (bicyclic) bond motifs is 1. The van der Waals surface area contributed by atoms with Gasteiger partial charge in [-0.25, -0.2) is 9.37 Å². The number of halogens is 1. The SMILES string of the molecule is Cn1ncc(NC(=O)c2csc(-c3n[nH]c4c3CCC(C)(C)C4)n2)c1[C@@H]1CC[C@@H](N)[C@H](F)CO1. The predicted octanol–water partition coefficient (Wildman–Crippen LogP) is 3.55. The van der Waals surface area contributed by atoms with Crippen LogP contribution in [0.5, 0.6) is 0 Å². The van der Waals surface area contributed by atoms with E-state index in [9.17, 15) is 9.18 Å². The van der Waals surface area contributed by atoms with Crippen LogP contribution < -0.4 is 11.1 Å². The maximum absolute atomic E-state index is 14.0. The fourth-order valence-corrected chi connectivity index (χ4v) is 5.59. The number of nitrogens with zero attached hydrogens (tertiary/aromatic N) is 4. The number of nitrogens with two attached hydrogens (primary N) is 1. The quantitative estimate of drug-likeness (QED) is 0.517. The van der Waals surface area contributed by atoms with E-state index in [-0.39, 0.29) is 17.9 Å². The second-order valence-corrected chi connectivity index (χ2v) is 10.9. The first-order valence-electron chi connectivity index (χ1n) is 11.6. The van der Waals surface area contributed by atoms with Gasteiger partial charge in [0.2, 0.25) is 0 Å². The van der Waals surface area contributed by atoms with Gasteiger partial charge in [0, 0.05) is 29.7 Å². The third-order valence-corrected chi connectivity index (χ3v) is 7.67. The average molecular weight is 488 g/mol. The van der Waals surface area contributed by atoms with Gasteiger partial charge in [0.1, 0.15) is 28.7 Å². The van der Waals surface area contributed by atoms with Crippen molar-refractivity contribution in [3.8, 4) is 10.7 Å².